The van der Waals surface area contributed by atoms with Crippen molar-refractivity contribution < 1.29 is 14.3 Å². The molecule has 0 aliphatic carbocycles. The Kier molecular flexibility index (Phi) is 5.67. The molecule has 3 aromatic rings. The lowest BCUT2D eigenvalue weighted by Crippen LogP contribution is -2.48. The van der Waals surface area contributed by atoms with Gasteiger partial charge in [0.1, 0.15) is 21.6 Å². The van der Waals surface area contributed by atoms with Crippen LogP contribution in [0.4, 0.5) is 11.5 Å². The summed E-state index contributed by atoms with van der Waals surface area (Å²) >= 11 is 1.25. The van der Waals surface area contributed by atoms with E-state index in [1.807, 2.05) is 36.9 Å². The van der Waals surface area contributed by atoms with Gasteiger partial charge >= 0.3 is 0 Å². The summed E-state index contributed by atoms with van der Waals surface area (Å²) in [6.07, 6.45) is 0. The SMILES string of the molecule is CC(C)c1c(C#N)c(N)nc2sc(C(=O)N3CCN(Cc4ccc5c(c4)OCO5)CC3)c(N)c12. The Morgan fingerprint density at radius 2 is 1.94 bits per heavy atom. The fourth-order valence-electron chi connectivity index (χ4n) is 4.60. The van der Waals surface area contributed by atoms with E-state index in [1.165, 1.54) is 11.3 Å². The summed E-state index contributed by atoms with van der Waals surface area (Å²) in [7, 11) is 0. The molecule has 4 heterocycles. The molecule has 4 N–H and O–H groups in total. The average Bonchev–Trinajstić information content (AvgIpc) is 3.42. The summed E-state index contributed by atoms with van der Waals surface area (Å²) in [6.45, 7) is 7.72. The fourth-order valence-corrected chi connectivity index (χ4v) is 5.69. The second-order valence-corrected chi connectivity index (χ2v) is 9.83. The van der Waals surface area contributed by atoms with E-state index >= 15 is 0 Å². The number of amides is 1. The van der Waals surface area contributed by atoms with Crippen LogP contribution in [0.3, 0.4) is 0 Å². The minimum absolute atomic E-state index is 0.0158. The molecule has 1 amide bonds. The number of carbonyl (C=O) groups is 1. The third kappa shape index (κ3) is 3.77. The van der Waals surface area contributed by atoms with Gasteiger partial charge in [-0.1, -0.05) is 19.9 Å². The maximum atomic E-state index is 13.4. The molecule has 0 spiro atoms. The number of anilines is 2. The van der Waals surface area contributed by atoms with E-state index in [9.17, 15) is 10.1 Å². The van der Waals surface area contributed by atoms with Crippen molar-refractivity contribution >= 4 is 39.0 Å². The van der Waals surface area contributed by atoms with Gasteiger partial charge in [0.05, 0.1) is 11.3 Å². The van der Waals surface area contributed by atoms with Crippen LogP contribution in [0.15, 0.2) is 18.2 Å². The van der Waals surface area contributed by atoms with Gasteiger partial charge in [0.2, 0.25) is 6.79 Å². The number of nitrogens with zero attached hydrogens (tertiary/aromatic N) is 4. The number of piperazine rings is 1. The Labute approximate surface area is 201 Å². The second-order valence-electron chi connectivity index (χ2n) is 8.83. The number of nitrogen functional groups attached to an aromatic ring is 2. The predicted molar refractivity (Wildman–Crippen MR) is 131 cm³/mol. The van der Waals surface area contributed by atoms with E-state index in [1.54, 1.807) is 0 Å². The van der Waals surface area contributed by atoms with Gasteiger partial charge in [-0.2, -0.15) is 5.26 Å². The van der Waals surface area contributed by atoms with Gasteiger partial charge in [-0.05, 0) is 29.2 Å². The molecule has 2 aliphatic rings. The fraction of sp³-hybridized carbons (Fsp3) is 0.375. The van der Waals surface area contributed by atoms with Crippen LogP contribution in [0.1, 0.15) is 46.1 Å². The summed E-state index contributed by atoms with van der Waals surface area (Å²) in [5.74, 6) is 1.65. The Hall–Kier alpha value is -3.55. The molecule has 9 nitrogen and oxygen atoms in total. The maximum absolute atomic E-state index is 13.4. The van der Waals surface area contributed by atoms with Gasteiger partial charge in [0.25, 0.3) is 5.91 Å². The van der Waals surface area contributed by atoms with Crippen molar-refractivity contribution in [3.8, 4) is 17.6 Å². The van der Waals surface area contributed by atoms with Crippen LogP contribution in [0, 0.1) is 11.3 Å². The zero-order chi connectivity index (χ0) is 24.0. The number of aromatic nitrogens is 1. The van der Waals surface area contributed by atoms with E-state index in [-0.39, 0.29) is 24.4 Å². The number of hydrogen-bond donors (Lipinski definition) is 2. The highest BCUT2D eigenvalue weighted by atomic mass is 32.1. The Balaban J connectivity index is 1.33. The van der Waals surface area contributed by atoms with Crippen molar-refractivity contribution in [2.75, 3.05) is 44.4 Å². The van der Waals surface area contributed by atoms with Crippen LogP contribution in [0.5, 0.6) is 11.5 Å². The van der Waals surface area contributed by atoms with E-state index < -0.39 is 0 Å². The van der Waals surface area contributed by atoms with Crippen LogP contribution < -0.4 is 20.9 Å². The lowest BCUT2D eigenvalue weighted by molar-refractivity contribution is 0.0634. The molecule has 0 atom stereocenters. The van der Waals surface area contributed by atoms with Gasteiger partial charge in [0, 0.05) is 38.1 Å². The molecule has 1 fully saturated rings. The van der Waals surface area contributed by atoms with E-state index in [0.29, 0.717) is 39.4 Å². The molecule has 34 heavy (non-hydrogen) atoms. The molecule has 0 unspecified atom stereocenters. The Morgan fingerprint density at radius 1 is 1.21 bits per heavy atom. The number of pyridine rings is 1. The molecule has 0 bridgehead atoms. The average molecular weight is 479 g/mol. The monoisotopic (exact) mass is 478 g/mol. The number of carbonyl (C=O) groups excluding carboxylic acids is 1. The highest BCUT2D eigenvalue weighted by molar-refractivity contribution is 7.21. The predicted octanol–water partition coefficient (Wildman–Crippen LogP) is 3.14. The normalized spacial score (nSPS) is 15.8. The number of nitrogens with two attached hydrogens (primary N) is 2. The van der Waals surface area contributed by atoms with Gasteiger partial charge in [-0.25, -0.2) is 4.98 Å². The van der Waals surface area contributed by atoms with Crippen molar-refractivity contribution in [1.82, 2.24) is 14.8 Å². The van der Waals surface area contributed by atoms with E-state index in [0.717, 1.165) is 42.3 Å². The first-order valence-corrected chi connectivity index (χ1v) is 12.0. The van der Waals surface area contributed by atoms with Crippen molar-refractivity contribution in [2.45, 2.75) is 26.3 Å². The Bertz CT molecular complexity index is 1320. The molecule has 10 heteroatoms. The summed E-state index contributed by atoms with van der Waals surface area (Å²) < 4.78 is 10.9. The standard InChI is InChI=1S/C24H26N6O3S/c1-13(2)18-15(10-25)22(27)28-23-19(18)20(26)21(34-23)24(31)30-7-5-29(6-8-30)11-14-3-4-16-17(9-14)33-12-32-16/h3-4,9,13H,5-8,11-12,26H2,1-2H3,(H2,27,28). The van der Waals surface area contributed by atoms with Crippen LogP contribution in [-0.4, -0.2) is 53.7 Å². The number of thiophene rings is 1. The van der Waals surface area contributed by atoms with Crippen LogP contribution in [0.25, 0.3) is 10.2 Å². The quantitative estimate of drug-likeness (QED) is 0.585. The molecule has 176 valence electrons. The first-order chi connectivity index (χ1) is 16.4. The van der Waals surface area contributed by atoms with Crippen LogP contribution >= 0.6 is 11.3 Å². The number of fused-ring (bicyclic) bond motifs is 2. The highest BCUT2D eigenvalue weighted by Crippen LogP contribution is 2.41. The lowest BCUT2D eigenvalue weighted by atomic mass is 9.95. The van der Waals surface area contributed by atoms with Crippen molar-refractivity contribution in [3.63, 3.8) is 0 Å². The second kappa shape index (κ2) is 8.66. The molecule has 5 rings (SSSR count). The minimum atomic E-state index is -0.102. The van der Waals surface area contributed by atoms with Gasteiger partial charge < -0.3 is 25.8 Å². The maximum Gasteiger partial charge on any atom is 0.266 e. The van der Waals surface area contributed by atoms with Crippen molar-refractivity contribution in [3.05, 3.63) is 39.8 Å². The van der Waals surface area contributed by atoms with Crippen LogP contribution in [-0.2, 0) is 6.54 Å². The largest absolute Gasteiger partial charge is 0.454 e. The number of rotatable bonds is 4. The third-order valence-electron chi connectivity index (χ3n) is 6.33. The van der Waals surface area contributed by atoms with Gasteiger partial charge in [-0.3, -0.25) is 9.69 Å². The number of benzene rings is 1. The van der Waals surface area contributed by atoms with E-state index in [4.69, 9.17) is 20.9 Å². The summed E-state index contributed by atoms with van der Waals surface area (Å²) in [5, 5.41) is 10.3. The third-order valence-corrected chi connectivity index (χ3v) is 7.42. The zero-order valence-corrected chi connectivity index (χ0v) is 19.9. The molecule has 1 aromatic carbocycles. The molecular formula is C24H26N6O3S. The molecule has 2 aliphatic heterocycles. The zero-order valence-electron chi connectivity index (χ0n) is 19.1. The number of ether oxygens (including phenoxy) is 2. The summed E-state index contributed by atoms with van der Waals surface area (Å²) in [4.78, 5) is 23.0. The number of nitriles is 1. The van der Waals surface area contributed by atoms with Gasteiger partial charge in [0.15, 0.2) is 11.5 Å². The molecular weight excluding hydrogens is 452 g/mol. The smallest absolute Gasteiger partial charge is 0.266 e. The highest BCUT2D eigenvalue weighted by Gasteiger charge is 2.29. The van der Waals surface area contributed by atoms with Crippen molar-refractivity contribution in [1.29, 1.82) is 5.26 Å². The summed E-state index contributed by atoms with van der Waals surface area (Å²) in [6, 6.07) is 8.14. The molecule has 0 saturated carbocycles. The minimum Gasteiger partial charge on any atom is -0.454 e. The lowest BCUT2D eigenvalue weighted by Gasteiger charge is -2.34. The van der Waals surface area contributed by atoms with E-state index in [2.05, 4.69) is 16.0 Å². The first kappa shape index (κ1) is 22.3. The molecule has 0 radical (unpaired) electrons. The summed E-state index contributed by atoms with van der Waals surface area (Å²) in [5.41, 5.74) is 15.1. The Morgan fingerprint density at radius 3 is 2.65 bits per heavy atom. The van der Waals surface area contributed by atoms with Crippen LogP contribution in [0.2, 0.25) is 0 Å². The van der Waals surface area contributed by atoms with Gasteiger partial charge in [-0.15, -0.1) is 11.3 Å². The topological polar surface area (TPSA) is 131 Å². The number of hydrogen-bond acceptors (Lipinski definition) is 9. The first-order valence-electron chi connectivity index (χ1n) is 11.2. The molecule has 1 saturated heterocycles. The molecule has 2 aromatic heterocycles. The van der Waals surface area contributed by atoms with Crippen molar-refractivity contribution in [2.24, 2.45) is 0 Å².